The smallest absolute Gasteiger partial charge is 0.220 e. The summed E-state index contributed by atoms with van der Waals surface area (Å²) in [7, 11) is 0. The SMILES string of the molecule is CC(C)(CCC(=O)NC1C(=O)COC1CC(N)=O)CC(N)=O. The van der Waals surface area contributed by atoms with E-state index in [9.17, 15) is 19.2 Å². The third-order valence-electron chi connectivity index (χ3n) is 3.56. The molecule has 0 aliphatic carbocycles. The van der Waals surface area contributed by atoms with Gasteiger partial charge >= 0.3 is 0 Å². The van der Waals surface area contributed by atoms with E-state index in [2.05, 4.69) is 5.32 Å². The van der Waals surface area contributed by atoms with E-state index in [1.165, 1.54) is 0 Å². The van der Waals surface area contributed by atoms with Gasteiger partial charge in [0, 0.05) is 12.8 Å². The molecule has 1 saturated heterocycles. The Morgan fingerprint density at radius 2 is 1.91 bits per heavy atom. The zero-order chi connectivity index (χ0) is 16.9. The zero-order valence-corrected chi connectivity index (χ0v) is 12.9. The van der Waals surface area contributed by atoms with Gasteiger partial charge in [0.05, 0.1) is 12.5 Å². The number of rotatable bonds is 8. The number of ether oxygens (including phenoxy) is 1. The Kier molecular flexibility index (Phi) is 6.04. The predicted molar refractivity (Wildman–Crippen MR) is 77.3 cm³/mol. The molecule has 0 saturated carbocycles. The summed E-state index contributed by atoms with van der Waals surface area (Å²) in [5, 5.41) is 2.57. The molecule has 1 fully saturated rings. The van der Waals surface area contributed by atoms with Crippen molar-refractivity contribution in [2.24, 2.45) is 16.9 Å². The molecular weight excluding hydrogens is 290 g/mol. The summed E-state index contributed by atoms with van der Waals surface area (Å²) in [4.78, 5) is 45.5. The van der Waals surface area contributed by atoms with Crippen LogP contribution in [0.1, 0.15) is 39.5 Å². The van der Waals surface area contributed by atoms with Crippen molar-refractivity contribution in [2.45, 2.75) is 51.7 Å². The first-order valence-corrected chi connectivity index (χ1v) is 7.11. The van der Waals surface area contributed by atoms with Crippen LogP contribution < -0.4 is 16.8 Å². The van der Waals surface area contributed by atoms with Crippen molar-refractivity contribution in [3.63, 3.8) is 0 Å². The van der Waals surface area contributed by atoms with Crippen molar-refractivity contribution in [3.8, 4) is 0 Å². The van der Waals surface area contributed by atoms with Gasteiger partial charge in [0.25, 0.3) is 0 Å². The highest BCUT2D eigenvalue weighted by atomic mass is 16.5. The molecule has 0 radical (unpaired) electrons. The van der Waals surface area contributed by atoms with Crippen LogP contribution in [0.25, 0.3) is 0 Å². The van der Waals surface area contributed by atoms with E-state index in [0.29, 0.717) is 6.42 Å². The fraction of sp³-hybridized carbons (Fsp3) is 0.714. The number of carbonyl (C=O) groups excluding carboxylic acids is 4. The van der Waals surface area contributed by atoms with Gasteiger partial charge in [-0.25, -0.2) is 0 Å². The van der Waals surface area contributed by atoms with Crippen molar-refractivity contribution in [1.29, 1.82) is 0 Å². The topological polar surface area (TPSA) is 142 Å². The second-order valence-electron chi connectivity index (χ2n) is 6.34. The molecule has 8 nitrogen and oxygen atoms in total. The highest BCUT2D eigenvalue weighted by Gasteiger charge is 2.37. The molecule has 124 valence electrons. The fourth-order valence-corrected chi connectivity index (χ4v) is 2.39. The molecule has 0 aromatic carbocycles. The van der Waals surface area contributed by atoms with E-state index in [4.69, 9.17) is 16.2 Å². The first kappa shape index (κ1) is 18.1. The molecule has 0 aromatic heterocycles. The first-order valence-electron chi connectivity index (χ1n) is 7.11. The molecule has 2 unspecified atom stereocenters. The Labute approximate surface area is 128 Å². The summed E-state index contributed by atoms with van der Waals surface area (Å²) >= 11 is 0. The van der Waals surface area contributed by atoms with Crippen molar-refractivity contribution < 1.29 is 23.9 Å². The molecule has 1 heterocycles. The maximum Gasteiger partial charge on any atom is 0.220 e. The largest absolute Gasteiger partial charge is 0.370 e. The van der Waals surface area contributed by atoms with Crippen LogP contribution in [-0.4, -0.2) is 42.3 Å². The van der Waals surface area contributed by atoms with Gasteiger partial charge in [0.15, 0.2) is 5.78 Å². The molecule has 22 heavy (non-hydrogen) atoms. The molecular formula is C14H23N3O5. The van der Waals surface area contributed by atoms with Crippen LogP contribution in [0.5, 0.6) is 0 Å². The minimum Gasteiger partial charge on any atom is -0.370 e. The van der Waals surface area contributed by atoms with Gasteiger partial charge in [-0.15, -0.1) is 0 Å². The molecule has 8 heteroatoms. The van der Waals surface area contributed by atoms with Gasteiger partial charge in [-0.05, 0) is 11.8 Å². The van der Waals surface area contributed by atoms with E-state index in [1.54, 1.807) is 0 Å². The molecule has 0 spiro atoms. The number of Topliss-reactive ketones (excluding diaryl/α,β-unsaturated/α-hetero) is 1. The van der Waals surface area contributed by atoms with Crippen molar-refractivity contribution in [3.05, 3.63) is 0 Å². The Bertz CT molecular complexity index is 475. The third kappa shape index (κ3) is 5.80. The highest BCUT2D eigenvalue weighted by molar-refractivity contribution is 5.92. The number of hydrogen-bond acceptors (Lipinski definition) is 5. The second kappa shape index (κ2) is 7.35. The standard InChI is InChI=1S/C14H23N3O5/c1-14(2,6-11(16)20)4-3-12(21)17-13-8(18)7-22-9(13)5-10(15)19/h9,13H,3-7H2,1-2H3,(H2,15,19)(H2,16,20)(H,17,21). The number of nitrogens with two attached hydrogens (primary N) is 2. The lowest BCUT2D eigenvalue weighted by Crippen LogP contribution is -2.46. The van der Waals surface area contributed by atoms with Crippen LogP contribution in [0.4, 0.5) is 0 Å². The number of carbonyl (C=O) groups is 4. The number of amides is 3. The van der Waals surface area contributed by atoms with Gasteiger partial charge in [0.2, 0.25) is 17.7 Å². The van der Waals surface area contributed by atoms with Crippen LogP contribution in [0.15, 0.2) is 0 Å². The first-order chi connectivity index (χ1) is 10.1. The molecule has 2 atom stereocenters. The monoisotopic (exact) mass is 313 g/mol. The van der Waals surface area contributed by atoms with Gasteiger partial charge < -0.3 is 21.5 Å². The lowest BCUT2D eigenvalue weighted by molar-refractivity contribution is -0.127. The Morgan fingerprint density at radius 3 is 2.45 bits per heavy atom. The predicted octanol–water partition coefficient (Wildman–Crippen LogP) is -1.00. The van der Waals surface area contributed by atoms with Crippen LogP contribution in [0.2, 0.25) is 0 Å². The number of ketones is 1. The number of primary amides is 2. The summed E-state index contributed by atoms with van der Waals surface area (Å²) in [5.74, 6) is -1.64. The van der Waals surface area contributed by atoms with E-state index in [0.717, 1.165) is 0 Å². The number of nitrogens with one attached hydrogen (secondary N) is 1. The van der Waals surface area contributed by atoms with Crippen molar-refractivity contribution >= 4 is 23.5 Å². The summed E-state index contributed by atoms with van der Waals surface area (Å²) in [6.45, 7) is 3.53. The molecule has 0 bridgehead atoms. The average Bonchev–Trinajstić information content (AvgIpc) is 2.67. The summed E-state index contributed by atoms with van der Waals surface area (Å²) in [5.41, 5.74) is 9.84. The summed E-state index contributed by atoms with van der Waals surface area (Å²) < 4.78 is 5.16. The normalized spacial score (nSPS) is 21.6. The molecule has 1 rings (SSSR count). The van der Waals surface area contributed by atoms with E-state index in [-0.39, 0.29) is 37.6 Å². The van der Waals surface area contributed by atoms with Crippen LogP contribution >= 0.6 is 0 Å². The minimum absolute atomic E-state index is 0.121. The fourth-order valence-electron chi connectivity index (χ4n) is 2.39. The van der Waals surface area contributed by atoms with Crippen LogP contribution in [0.3, 0.4) is 0 Å². The highest BCUT2D eigenvalue weighted by Crippen LogP contribution is 2.26. The summed E-state index contributed by atoms with van der Waals surface area (Å²) in [6, 6.07) is -0.848. The maximum atomic E-state index is 12.0. The Balaban J connectivity index is 2.51. The quantitative estimate of drug-likeness (QED) is 0.526. The van der Waals surface area contributed by atoms with Crippen molar-refractivity contribution in [2.75, 3.05) is 6.61 Å². The molecule has 1 aliphatic heterocycles. The van der Waals surface area contributed by atoms with Crippen LogP contribution in [-0.2, 0) is 23.9 Å². The van der Waals surface area contributed by atoms with E-state index >= 15 is 0 Å². The average molecular weight is 313 g/mol. The molecule has 3 amide bonds. The molecule has 1 aliphatic rings. The molecule has 5 N–H and O–H groups in total. The third-order valence-corrected chi connectivity index (χ3v) is 3.56. The van der Waals surface area contributed by atoms with Crippen molar-refractivity contribution in [1.82, 2.24) is 5.32 Å². The van der Waals surface area contributed by atoms with Gasteiger partial charge in [0.1, 0.15) is 12.6 Å². The maximum absolute atomic E-state index is 12.0. The second-order valence-corrected chi connectivity index (χ2v) is 6.34. The van der Waals surface area contributed by atoms with E-state index < -0.39 is 29.4 Å². The Hall–Kier alpha value is -1.96. The van der Waals surface area contributed by atoms with Gasteiger partial charge in [-0.1, -0.05) is 13.8 Å². The lowest BCUT2D eigenvalue weighted by atomic mass is 9.84. The van der Waals surface area contributed by atoms with Gasteiger partial charge in [-0.2, -0.15) is 0 Å². The van der Waals surface area contributed by atoms with Gasteiger partial charge in [-0.3, -0.25) is 19.2 Å². The lowest BCUT2D eigenvalue weighted by Gasteiger charge is -2.23. The molecule has 0 aromatic rings. The van der Waals surface area contributed by atoms with E-state index in [1.807, 2.05) is 13.8 Å². The summed E-state index contributed by atoms with van der Waals surface area (Å²) in [6.07, 6.45) is -0.0651. The number of hydrogen-bond donors (Lipinski definition) is 3. The Morgan fingerprint density at radius 1 is 1.27 bits per heavy atom. The minimum atomic E-state index is -0.848. The zero-order valence-electron chi connectivity index (χ0n) is 12.9. The van der Waals surface area contributed by atoms with Crippen LogP contribution in [0, 0.1) is 5.41 Å².